The lowest BCUT2D eigenvalue weighted by molar-refractivity contribution is 0.188. The predicted octanol–water partition coefficient (Wildman–Crippen LogP) is 4.77. The zero-order valence-electron chi connectivity index (χ0n) is 14.7. The molecule has 0 aliphatic carbocycles. The first kappa shape index (κ1) is 17.5. The minimum atomic E-state index is 0.709. The van der Waals surface area contributed by atoms with Gasteiger partial charge in [0.05, 0.1) is 6.67 Å². The van der Waals surface area contributed by atoms with Gasteiger partial charge in [0.15, 0.2) is 10.6 Å². The van der Waals surface area contributed by atoms with Crippen LogP contribution < -0.4 is 0 Å². The summed E-state index contributed by atoms with van der Waals surface area (Å²) in [4.78, 5) is 2.40. The van der Waals surface area contributed by atoms with Crippen molar-refractivity contribution in [1.29, 1.82) is 0 Å². The molecular formula is C20H21ClN4S. The molecule has 2 heterocycles. The molecular weight excluding hydrogens is 364 g/mol. The van der Waals surface area contributed by atoms with Gasteiger partial charge >= 0.3 is 0 Å². The van der Waals surface area contributed by atoms with E-state index in [1.807, 2.05) is 28.9 Å². The molecule has 6 heteroatoms. The molecule has 0 fully saturated rings. The average molecular weight is 385 g/mol. The molecule has 4 rings (SSSR count). The van der Waals surface area contributed by atoms with E-state index in [4.69, 9.17) is 28.9 Å². The Kier molecular flexibility index (Phi) is 4.94. The molecule has 1 aliphatic heterocycles. The smallest absolute Gasteiger partial charge is 0.199 e. The van der Waals surface area contributed by atoms with Crippen LogP contribution in [0.1, 0.15) is 18.1 Å². The van der Waals surface area contributed by atoms with Gasteiger partial charge in [-0.2, -0.15) is 5.10 Å². The summed E-state index contributed by atoms with van der Waals surface area (Å²) in [5.41, 5.74) is 3.89. The molecule has 1 aromatic heterocycles. The summed E-state index contributed by atoms with van der Waals surface area (Å²) >= 11 is 11.7. The number of benzene rings is 2. The predicted molar refractivity (Wildman–Crippen MR) is 108 cm³/mol. The van der Waals surface area contributed by atoms with Crippen molar-refractivity contribution < 1.29 is 0 Å². The maximum absolute atomic E-state index is 6.02. The Balaban J connectivity index is 1.62. The maximum Gasteiger partial charge on any atom is 0.199 e. The highest BCUT2D eigenvalue weighted by atomic mass is 35.5. The van der Waals surface area contributed by atoms with Crippen LogP contribution in [0.15, 0.2) is 48.5 Å². The fraction of sp³-hybridized carbons (Fsp3) is 0.300. The van der Waals surface area contributed by atoms with Crippen molar-refractivity contribution in [3.8, 4) is 11.4 Å². The number of fused-ring (bicyclic) bond motifs is 1. The standard InChI is InChI=1S/C20H21ClN4S/c1-2-24-19(16-7-9-18(21)10-8-16)22-25(20(24)26)14-23-12-11-15-5-3-4-6-17(15)13-23/h3-10H,2,11-14H2,1H3. The van der Waals surface area contributed by atoms with Gasteiger partial charge in [0.2, 0.25) is 0 Å². The van der Waals surface area contributed by atoms with Crippen LogP contribution >= 0.6 is 23.8 Å². The number of nitrogens with zero attached hydrogens (tertiary/aromatic N) is 4. The highest BCUT2D eigenvalue weighted by Gasteiger charge is 2.18. The number of halogens is 1. The van der Waals surface area contributed by atoms with Crippen molar-refractivity contribution in [3.63, 3.8) is 0 Å². The number of rotatable bonds is 4. The van der Waals surface area contributed by atoms with Gasteiger partial charge in [-0.1, -0.05) is 35.9 Å². The van der Waals surface area contributed by atoms with E-state index in [2.05, 4.69) is 40.7 Å². The van der Waals surface area contributed by atoms with Crippen LogP contribution in [-0.2, 0) is 26.2 Å². The SMILES string of the molecule is CCn1c(-c2ccc(Cl)cc2)nn(CN2CCc3ccccc3C2)c1=S. The van der Waals surface area contributed by atoms with Crippen LogP contribution in [0.2, 0.25) is 5.02 Å². The molecule has 0 saturated heterocycles. The maximum atomic E-state index is 6.02. The Morgan fingerprint density at radius 3 is 2.54 bits per heavy atom. The van der Waals surface area contributed by atoms with Crippen LogP contribution in [-0.4, -0.2) is 25.8 Å². The fourth-order valence-electron chi connectivity index (χ4n) is 3.50. The Hall–Kier alpha value is -1.95. The van der Waals surface area contributed by atoms with E-state index < -0.39 is 0 Å². The van der Waals surface area contributed by atoms with Crippen molar-refractivity contribution in [3.05, 3.63) is 69.5 Å². The molecule has 4 nitrogen and oxygen atoms in total. The average Bonchev–Trinajstić information content (AvgIpc) is 2.98. The molecule has 0 saturated carbocycles. The molecule has 0 N–H and O–H groups in total. The van der Waals surface area contributed by atoms with Crippen molar-refractivity contribution in [1.82, 2.24) is 19.2 Å². The van der Waals surface area contributed by atoms with Gasteiger partial charge in [-0.15, -0.1) is 0 Å². The molecule has 0 spiro atoms. The van der Waals surface area contributed by atoms with E-state index in [1.165, 1.54) is 11.1 Å². The molecule has 0 amide bonds. The van der Waals surface area contributed by atoms with Gasteiger partial charge in [-0.3, -0.25) is 4.90 Å². The topological polar surface area (TPSA) is 26.0 Å². The van der Waals surface area contributed by atoms with Gasteiger partial charge in [0.25, 0.3) is 0 Å². The summed E-state index contributed by atoms with van der Waals surface area (Å²) in [6.07, 6.45) is 1.07. The van der Waals surface area contributed by atoms with Crippen molar-refractivity contribution >= 4 is 23.8 Å². The summed E-state index contributed by atoms with van der Waals surface area (Å²) in [6.45, 7) is 5.56. The second-order valence-corrected chi connectivity index (χ2v) is 7.37. The lowest BCUT2D eigenvalue weighted by Gasteiger charge is -2.28. The van der Waals surface area contributed by atoms with Gasteiger partial charge in [0, 0.05) is 30.2 Å². The Morgan fingerprint density at radius 2 is 1.81 bits per heavy atom. The third-order valence-corrected chi connectivity index (χ3v) is 5.57. The van der Waals surface area contributed by atoms with E-state index in [1.54, 1.807) is 0 Å². The van der Waals surface area contributed by atoms with Gasteiger partial charge in [0.1, 0.15) is 0 Å². The fourth-order valence-corrected chi connectivity index (χ4v) is 3.94. The molecule has 0 radical (unpaired) electrons. The van der Waals surface area contributed by atoms with E-state index in [-0.39, 0.29) is 0 Å². The second kappa shape index (κ2) is 7.35. The van der Waals surface area contributed by atoms with E-state index in [9.17, 15) is 0 Å². The summed E-state index contributed by atoms with van der Waals surface area (Å²) in [7, 11) is 0. The Morgan fingerprint density at radius 1 is 1.08 bits per heavy atom. The molecule has 0 bridgehead atoms. The molecule has 3 aromatic rings. The zero-order valence-corrected chi connectivity index (χ0v) is 16.3. The zero-order chi connectivity index (χ0) is 18.1. The molecule has 26 heavy (non-hydrogen) atoms. The molecule has 2 aromatic carbocycles. The summed E-state index contributed by atoms with van der Waals surface area (Å²) in [5, 5.41) is 5.55. The van der Waals surface area contributed by atoms with Crippen molar-refractivity contribution in [2.24, 2.45) is 0 Å². The Labute approximate surface area is 163 Å². The number of hydrogen-bond donors (Lipinski definition) is 0. The first-order chi connectivity index (χ1) is 12.7. The molecule has 1 aliphatic rings. The number of aromatic nitrogens is 3. The van der Waals surface area contributed by atoms with Gasteiger partial charge in [-0.25, -0.2) is 4.68 Å². The lowest BCUT2D eigenvalue weighted by atomic mass is 10.0. The summed E-state index contributed by atoms with van der Waals surface area (Å²) in [5.74, 6) is 0.895. The van der Waals surface area contributed by atoms with Gasteiger partial charge < -0.3 is 4.57 Å². The van der Waals surface area contributed by atoms with Crippen LogP contribution in [0.4, 0.5) is 0 Å². The molecule has 0 unspecified atom stereocenters. The first-order valence-corrected chi connectivity index (χ1v) is 9.67. The molecule has 134 valence electrons. The summed E-state index contributed by atoms with van der Waals surface area (Å²) < 4.78 is 4.78. The third-order valence-electron chi connectivity index (χ3n) is 4.89. The molecule has 0 atom stereocenters. The van der Waals surface area contributed by atoms with E-state index in [0.29, 0.717) is 6.67 Å². The largest absolute Gasteiger partial charge is 0.300 e. The van der Waals surface area contributed by atoms with Crippen molar-refractivity contribution in [2.45, 2.75) is 33.1 Å². The van der Waals surface area contributed by atoms with Crippen LogP contribution in [0.5, 0.6) is 0 Å². The monoisotopic (exact) mass is 384 g/mol. The lowest BCUT2D eigenvalue weighted by Crippen LogP contribution is -2.32. The minimum absolute atomic E-state index is 0.709. The highest BCUT2D eigenvalue weighted by molar-refractivity contribution is 7.71. The Bertz CT molecular complexity index is 974. The third kappa shape index (κ3) is 3.34. The number of hydrogen-bond acceptors (Lipinski definition) is 3. The van der Waals surface area contributed by atoms with Gasteiger partial charge in [-0.05, 0) is 61.0 Å². The van der Waals surface area contributed by atoms with Crippen LogP contribution in [0.3, 0.4) is 0 Å². The van der Waals surface area contributed by atoms with E-state index >= 15 is 0 Å². The van der Waals surface area contributed by atoms with Crippen LogP contribution in [0, 0.1) is 4.77 Å². The first-order valence-electron chi connectivity index (χ1n) is 8.88. The van der Waals surface area contributed by atoms with Crippen LogP contribution in [0.25, 0.3) is 11.4 Å². The quantitative estimate of drug-likeness (QED) is 0.606. The highest BCUT2D eigenvalue weighted by Crippen LogP contribution is 2.22. The van der Waals surface area contributed by atoms with Crippen molar-refractivity contribution in [2.75, 3.05) is 6.54 Å². The second-order valence-electron chi connectivity index (χ2n) is 6.57. The van der Waals surface area contributed by atoms with E-state index in [0.717, 1.165) is 47.2 Å². The summed E-state index contributed by atoms with van der Waals surface area (Å²) in [6, 6.07) is 16.4. The normalized spacial score (nSPS) is 14.4. The minimum Gasteiger partial charge on any atom is -0.300 e.